The number of nitrogens with one attached hydrogen (secondary N) is 1. The molecule has 106 valence electrons. The third-order valence-corrected chi connectivity index (χ3v) is 5.75. The van der Waals surface area contributed by atoms with Crippen molar-refractivity contribution in [3.63, 3.8) is 0 Å². The Balaban J connectivity index is 1.95. The van der Waals surface area contributed by atoms with Gasteiger partial charge in [0.25, 0.3) is 0 Å². The van der Waals surface area contributed by atoms with Gasteiger partial charge in [0, 0.05) is 22.9 Å². The summed E-state index contributed by atoms with van der Waals surface area (Å²) in [4.78, 5) is 0. The van der Waals surface area contributed by atoms with Gasteiger partial charge in [-0.1, -0.05) is 37.5 Å². The Hall–Kier alpha value is -0.670. The molecule has 0 radical (unpaired) electrons. The summed E-state index contributed by atoms with van der Waals surface area (Å²) in [7, 11) is 0. The number of phenols is 1. The molecule has 3 heteroatoms. The minimum Gasteiger partial charge on any atom is -0.508 e. The molecule has 0 heterocycles. The van der Waals surface area contributed by atoms with Gasteiger partial charge in [0.2, 0.25) is 0 Å². The summed E-state index contributed by atoms with van der Waals surface area (Å²) in [5.74, 6) is 0.393. The molecule has 2 nitrogen and oxygen atoms in total. The summed E-state index contributed by atoms with van der Waals surface area (Å²) in [6.45, 7) is 3.16. The van der Waals surface area contributed by atoms with Gasteiger partial charge in [0.05, 0.1) is 0 Å². The van der Waals surface area contributed by atoms with Crippen LogP contribution < -0.4 is 5.32 Å². The first-order valence-electron chi connectivity index (χ1n) is 7.23. The van der Waals surface area contributed by atoms with Crippen LogP contribution in [-0.2, 0) is 0 Å². The van der Waals surface area contributed by atoms with Gasteiger partial charge in [-0.25, -0.2) is 0 Å². The normalized spacial score (nSPS) is 20.1. The summed E-state index contributed by atoms with van der Waals surface area (Å²) in [5.41, 5.74) is 0.995. The van der Waals surface area contributed by atoms with Crippen molar-refractivity contribution in [2.24, 2.45) is 0 Å². The zero-order valence-electron chi connectivity index (χ0n) is 12.0. The second kappa shape index (κ2) is 6.67. The van der Waals surface area contributed by atoms with Crippen LogP contribution in [0.2, 0.25) is 0 Å². The molecule has 2 rings (SSSR count). The lowest BCUT2D eigenvalue weighted by Gasteiger charge is -2.37. The average molecular weight is 279 g/mol. The van der Waals surface area contributed by atoms with Gasteiger partial charge in [-0.3, -0.25) is 0 Å². The minimum absolute atomic E-state index is 0.201. The zero-order chi connectivity index (χ0) is 13.7. The Labute approximate surface area is 121 Å². The molecule has 0 saturated heterocycles. The maximum atomic E-state index is 9.89. The second-order valence-corrected chi connectivity index (χ2v) is 6.88. The number of para-hydroxylation sites is 1. The van der Waals surface area contributed by atoms with Gasteiger partial charge in [-0.2, -0.15) is 11.8 Å². The van der Waals surface area contributed by atoms with Gasteiger partial charge in [0.15, 0.2) is 0 Å². The quantitative estimate of drug-likeness (QED) is 0.851. The van der Waals surface area contributed by atoms with Crippen molar-refractivity contribution in [3.8, 4) is 5.75 Å². The largest absolute Gasteiger partial charge is 0.508 e. The lowest BCUT2D eigenvalue weighted by molar-refractivity contribution is 0.364. The molecule has 1 unspecified atom stereocenters. The van der Waals surface area contributed by atoms with E-state index < -0.39 is 0 Å². The molecule has 1 aromatic rings. The standard InChI is InChI=1S/C16H25NOS/c1-13(14-8-4-5-9-15(14)18)17-12-16(19-2)10-6-3-7-11-16/h4-5,8-9,13,17-18H,3,6-7,10-12H2,1-2H3. The Bertz CT molecular complexity index is 401. The Morgan fingerprint density at radius 3 is 2.58 bits per heavy atom. The molecule has 1 aliphatic carbocycles. The van der Waals surface area contributed by atoms with Crippen LogP contribution in [0.1, 0.15) is 50.6 Å². The number of thioether (sulfide) groups is 1. The summed E-state index contributed by atoms with van der Waals surface area (Å²) in [6.07, 6.45) is 8.96. The van der Waals surface area contributed by atoms with Crippen molar-refractivity contribution in [1.82, 2.24) is 5.32 Å². The Morgan fingerprint density at radius 1 is 1.26 bits per heavy atom. The van der Waals surface area contributed by atoms with Crippen molar-refractivity contribution >= 4 is 11.8 Å². The molecule has 1 fully saturated rings. The third-order valence-electron chi connectivity index (χ3n) is 4.33. The first-order chi connectivity index (χ1) is 9.17. The predicted octanol–water partition coefficient (Wildman–Crippen LogP) is 4.11. The van der Waals surface area contributed by atoms with E-state index in [1.54, 1.807) is 6.07 Å². The highest BCUT2D eigenvalue weighted by atomic mass is 32.2. The maximum Gasteiger partial charge on any atom is 0.120 e. The van der Waals surface area contributed by atoms with E-state index in [0.717, 1.165) is 12.1 Å². The predicted molar refractivity (Wildman–Crippen MR) is 83.9 cm³/mol. The Kier molecular flexibility index (Phi) is 5.17. The summed E-state index contributed by atoms with van der Waals surface area (Å²) in [5, 5.41) is 13.5. The van der Waals surface area contributed by atoms with Crippen molar-refractivity contribution in [3.05, 3.63) is 29.8 Å². The van der Waals surface area contributed by atoms with E-state index in [4.69, 9.17) is 0 Å². The molecule has 19 heavy (non-hydrogen) atoms. The van der Waals surface area contributed by atoms with Gasteiger partial charge < -0.3 is 10.4 Å². The van der Waals surface area contributed by atoms with Crippen LogP contribution in [0.3, 0.4) is 0 Å². The van der Waals surface area contributed by atoms with Crippen LogP contribution in [-0.4, -0.2) is 22.7 Å². The maximum absolute atomic E-state index is 9.89. The fourth-order valence-electron chi connectivity index (χ4n) is 2.95. The fourth-order valence-corrected chi connectivity index (χ4v) is 3.88. The summed E-state index contributed by atoms with van der Waals surface area (Å²) < 4.78 is 0.400. The summed E-state index contributed by atoms with van der Waals surface area (Å²) >= 11 is 2.01. The Morgan fingerprint density at radius 2 is 1.95 bits per heavy atom. The van der Waals surface area contributed by atoms with Crippen LogP contribution >= 0.6 is 11.8 Å². The van der Waals surface area contributed by atoms with E-state index >= 15 is 0 Å². The molecule has 0 spiro atoms. The highest BCUT2D eigenvalue weighted by Gasteiger charge is 2.31. The van der Waals surface area contributed by atoms with Crippen LogP contribution in [0.4, 0.5) is 0 Å². The SMILES string of the molecule is CSC1(CNC(C)c2ccccc2O)CCCCC1. The van der Waals surface area contributed by atoms with Gasteiger partial charge in [-0.15, -0.1) is 0 Å². The topological polar surface area (TPSA) is 32.3 Å². The van der Waals surface area contributed by atoms with Gasteiger partial charge in [0.1, 0.15) is 5.75 Å². The van der Waals surface area contributed by atoms with E-state index in [1.165, 1.54) is 32.1 Å². The number of hydrogen-bond donors (Lipinski definition) is 2. The van der Waals surface area contributed by atoms with Gasteiger partial charge in [-0.05, 0) is 32.1 Å². The average Bonchev–Trinajstić information content (AvgIpc) is 2.46. The number of rotatable bonds is 5. The zero-order valence-corrected chi connectivity index (χ0v) is 12.8. The highest BCUT2D eigenvalue weighted by Crippen LogP contribution is 2.38. The van der Waals surface area contributed by atoms with Crippen molar-refractivity contribution < 1.29 is 5.11 Å². The van der Waals surface area contributed by atoms with Crippen molar-refractivity contribution in [1.29, 1.82) is 0 Å². The highest BCUT2D eigenvalue weighted by molar-refractivity contribution is 8.00. The molecule has 0 aliphatic heterocycles. The molecule has 2 N–H and O–H groups in total. The molecule has 0 aromatic heterocycles. The van der Waals surface area contributed by atoms with Gasteiger partial charge >= 0.3 is 0 Å². The molecule has 1 aliphatic rings. The number of aromatic hydroxyl groups is 1. The van der Waals surface area contributed by atoms with Crippen LogP contribution in [0.5, 0.6) is 5.75 Å². The monoisotopic (exact) mass is 279 g/mol. The molecule has 1 aromatic carbocycles. The molecular weight excluding hydrogens is 254 g/mol. The lowest BCUT2D eigenvalue weighted by Crippen LogP contribution is -2.40. The number of phenolic OH excluding ortho intramolecular Hbond substituents is 1. The smallest absolute Gasteiger partial charge is 0.120 e. The minimum atomic E-state index is 0.201. The fraction of sp³-hybridized carbons (Fsp3) is 0.625. The van der Waals surface area contributed by atoms with Crippen LogP contribution in [0, 0.1) is 0 Å². The third kappa shape index (κ3) is 3.67. The van der Waals surface area contributed by atoms with Crippen LogP contribution in [0.15, 0.2) is 24.3 Å². The molecular formula is C16H25NOS. The second-order valence-electron chi connectivity index (χ2n) is 5.61. The first kappa shape index (κ1) is 14.7. The van der Waals surface area contributed by atoms with E-state index in [2.05, 4.69) is 18.5 Å². The number of hydrogen-bond acceptors (Lipinski definition) is 3. The first-order valence-corrected chi connectivity index (χ1v) is 8.46. The molecule has 1 atom stereocenters. The molecule has 0 bridgehead atoms. The molecule has 0 amide bonds. The van der Waals surface area contributed by atoms with E-state index in [1.807, 2.05) is 30.0 Å². The van der Waals surface area contributed by atoms with Crippen molar-refractivity contribution in [2.75, 3.05) is 12.8 Å². The van der Waals surface area contributed by atoms with E-state index in [0.29, 0.717) is 10.5 Å². The number of benzene rings is 1. The molecule has 1 saturated carbocycles. The van der Waals surface area contributed by atoms with Crippen LogP contribution in [0.25, 0.3) is 0 Å². The van der Waals surface area contributed by atoms with E-state index in [-0.39, 0.29) is 6.04 Å². The van der Waals surface area contributed by atoms with Crippen molar-refractivity contribution in [2.45, 2.75) is 49.8 Å². The summed E-state index contributed by atoms with van der Waals surface area (Å²) in [6, 6.07) is 7.82. The van der Waals surface area contributed by atoms with E-state index in [9.17, 15) is 5.11 Å². The lowest BCUT2D eigenvalue weighted by atomic mass is 9.88.